The van der Waals surface area contributed by atoms with Gasteiger partial charge in [-0.1, -0.05) is 6.07 Å². The molecular weight excluding hydrogens is 294 g/mol. The van der Waals surface area contributed by atoms with E-state index in [0.717, 1.165) is 6.33 Å². The lowest BCUT2D eigenvalue weighted by molar-refractivity contribution is -0.383. The summed E-state index contributed by atoms with van der Waals surface area (Å²) in [6.45, 7) is 0. The zero-order valence-corrected chi connectivity index (χ0v) is 11.1. The number of aliphatic carboxylic acids is 1. The van der Waals surface area contributed by atoms with Crippen molar-refractivity contribution >= 4 is 29.0 Å². The smallest absolute Gasteiger partial charge is 0.353 e. The molecule has 0 saturated heterocycles. The number of carbonyl (C=O) groups is 1. The number of anilines is 3. The lowest BCUT2D eigenvalue weighted by Gasteiger charge is -2.10. The van der Waals surface area contributed by atoms with E-state index in [1.165, 1.54) is 18.2 Å². The Balaban J connectivity index is 2.41. The van der Waals surface area contributed by atoms with E-state index in [0.29, 0.717) is 5.56 Å². The standard InChI is InChI=1S/C12H11N5O5/c13-11-10(17(21)22)12(15-5-14-11)16-7-3-6(4-9(19)20)1-2-8(7)18/h1-3,5,18H,4H2,(H,19,20)(H3,13,14,15,16). The summed E-state index contributed by atoms with van der Waals surface area (Å²) in [6, 6.07) is 4.06. The molecule has 2 rings (SSSR count). The lowest BCUT2D eigenvalue weighted by Crippen LogP contribution is -2.06. The van der Waals surface area contributed by atoms with Crippen LogP contribution in [0.5, 0.6) is 5.75 Å². The first-order valence-corrected chi connectivity index (χ1v) is 5.94. The van der Waals surface area contributed by atoms with Crippen LogP contribution < -0.4 is 11.1 Å². The summed E-state index contributed by atoms with van der Waals surface area (Å²) in [5.41, 5.74) is 5.37. The van der Waals surface area contributed by atoms with Crippen LogP contribution in [0.4, 0.5) is 23.0 Å². The highest BCUT2D eigenvalue weighted by Crippen LogP contribution is 2.33. The number of carboxylic acid groups (broad SMARTS) is 1. The van der Waals surface area contributed by atoms with Crippen LogP contribution in [0.25, 0.3) is 0 Å². The van der Waals surface area contributed by atoms with Crippen molar-refractivity contribution in [1.82, 2.24) is 9.97 Å². The highest BCUT2D eigenvalue weighted by atomic mass is 16.6. The third-order valence-corrected chi connectivity index (χ3v) is 2.70. The first-order valence-electron chi connectivity index (χ1n) is 5.94. The number of nitrogen functional groups attached to an aromatic ring is 1. The molecule has 0 saturated carbocycles. The molecule has 1 aromatic heterocycles. The maximum absolute atomic E-state index is 11.0. The minimum absolute atomic E-state index is 0.0694. The van der Waals surface area contributed by atoms with Crippen molar-refractivity contribution in [3.63, 3.8) is 0 Å². The lowest BCUT2D eigenvalue weighted by atomic mass is 10.1. The van der Waals surface area contributed by atoms with Gasteiger partial charge in [-0.15, -0.1) is 0 Å². The van der Waals surface area contributed by atoms with Crippen molar-refractivity contribution in [3.8, 4) is 5.75 Å². The predicted molar refractivity (Wildman–Crippen MR) is 75.8 cm³/mol. The number of phenols is 1. The number of carboxylic acids is 1. The van der Waals surface area contributed by atoms with E-state index in [1.807, 2.05) is 0 Å². The number of nitrogens with zero attached hydrogens (tertiary/aromatic N) is 3. The quantitative estimate of drug-likeness (QED) is 0.358. The van der Waals surface area contributed by atoms with E-state index in [2.05, 4.69) is 15.3 Å². The molecule has 0 fully saturated rings. The fourth-order valence-corrected chi connectivity index (χ4v) is 1.76. The monoisotopic (exact) mass is 305 g/mol. The predicted octanol–water partition coefficient (Wildman–Crippen LogP) is 1.04. The summed E-state index contributed by atoms with van der Waals surface area (Å²) in [5, 5.41) is 32.1. The van der Waals surface area contributed by atoms with E-state index in [4.69, 9.17) is 10.8 Å². The Hall–Kier alpha value is -3.43. The number of aromatic hydroxyl groups is 1. The van der Waals surface area contributed by atoms with Gasteiger partial charge < -0.3 is 21.3 Å². The van der Waals surface area contributed by atoms with E-state index in [1.54, 1.807) is 0 Å². The minimum atomic E-state index is -1.05. The second-order valence-corrected chi connectivity index (χ2v) is 4.26. The molecule has 1 aromatic carbocycles. The van der Waals surface area contributed by atoms with Crippen molar-refractivity contribution in [1.29, 1.82) is 0 Å². The fourth-order valence-electron chi connectivity index (χ4n) is 1.76. The van der Waals surface area contributed by atoms with Gasteiger partial charge in [-0.05, 0) is 17.7 Å². The average Bonchev–Trinajstić information content (AvgIpc) is 2.41. The molecule has 0 aliphatic heterocycles. The van der Waals surface area contributed by atoms with Crippen LogP contribution in [-0.2, 0) is 11.2 Å². The molecule has 22 heavy (non-hydrogen) atoms. The molecule has 0 unspecified atom stereocenters. The maximum Gasteiger partial charge on any atom is 0.353 e. The van der Waals surface area contributed by atoms with Crippen LogP contribution in [0, 0.1) is 10.1 Å². The first kappa shape index (κ1) is 15.0. The van der Waals surface area contributed by atoms with Gasteiger partial charge in [0.2, 0.25) is 11.6 Å². The molecule has 0 atom stereocenters. The Labute approximate surface area is 123 Å². The van der Waals surface area contributed by atoms with E-state index in [-0.39, 0.29) is 29.5 Å². The molecule has 2 aromatic rings. The molecule has 0 bridgehead atoms. The minimum Gasteiger partial charge on any atom is -0.506 e. The van der Waals surface area contributed by atoms with Gasteiger partial charge in [0, 0.05) is 0 Å². The Kier molecular flexibility index (Phi) is 4.02. The van der Waals surface area contributed by atoms with Crippen LogP contribution in [0.1, 0.15) is 5.56 Å². The average molecular weight is 305 g/mol. The summed E-state index contributed by atoms with van der Waals surface area (Å²) in [4.78, 5) is 28.2. The Morgan fingerprint density at radius 1 is 1.41 bits per heavy atom. The Bertz CT molecular complexity index is 749. The summed E-state index contributed by atoms with van der Waals surface area (Å²) < 4.78 is 0. The van der Waals surface area contributed by atoms with Crippen molar-refractivity contribution in [2.24, 2.45) is 0 Å². The van der Waals surface area contributed by atoms with Gasteiger partial charge in [0.15, 0.2) is 0 Å². The number of nitrogens with one attached hydrogen (secondary N) is 1. The molecule has 10 nitrogen and oxygen atoms in total. The Morgan fingerprint density at radius 3 is 2.77 bits per heavy atom. The third kappa shape index (κ3) is 3.17. The van der Waals surface area contributed by atoms with Crippen LogP contribution in [0.3, 0.4) is 0 Å². The maximum atomic E-state index is 11.0. The van der Waals surface area contributed by atoms with Crippen LogP contribution in [0.15, 0.2) is 24.5 Å². The van der Waals surface area contributed by atoms with Crippen LogP contribution in [-0.4, -0.2) is 31.1 Å². The van der Waals surface area contributed by atoms with Gasteiger partial charge >= 0.3 is 11.7 Å². The number of nitro groups is 1. The number of aromatic nitrogens is 2. The number of hydrogen-bond acceptors (Lipinski definition) is 8. The van der Waals surface area contributed by atoms with Crippen molar-refractivity contribution in [3.05, 3.63) is 40.2 Å². The molecule has 0 amide bonds. The van der Waals surface area contributed by atoms with Gasteiger partial charge in [-0.3, -0.25) is 14.9 Å². The van der Waals surface area contributed by atoms with Crippen molar-refractivity contribution in [2.75, 3.05) is 11.1 Å². The van der Waals surface area contributed by atoms with E-state index in [9.17, 15) is 20.0 Å². The van der Waals surface area contributed by atoms with Gasteiger partial charge in [-0.2, -0.15) is 0 Å². The van der Waals surface area contributed by atoms with E-state index < -0.39 is 16.6 Å². The topological polar surface area (TPSA) is 165 Å². The third-order valence-electron chi connectivity index (χ3n) is 2.70. The van der Waals surface area contributed by atoms with Crippen LogP contribution in [0.2, 0.25) is 0 Å². The summed E-state index contributed by atoms with van der Waals surface area (Å²) in [5.74, 6) is -1.81. The van der Waals surface area contributed by atoms with Gasteiger partial charge in [0.05, 0.1) is 17.0 Å². The number of benzene rings is 1. The molecule has 0 aliphatic carbocycles. The van der Waals surface area contributed by atoms with Gasteiger partial charge in [0.25, 0.3) is 0 Å². The molecule has 5 N–H and O–H groups in total. The number of nitrogens with two attached hydrogens (primary N) is 1. The highest BCUT2D eigenvalue weighted by molar-refractivity contribution is 5.76. The van der Waals surface area contributed by atoms with Gasteiger partial charge in [0.1, 0.15) is 12.1 Å². The number of phenolic OH excluding ortho intramolecular Hbond substituents is 1. The molecule has 10 heteroatoms. The summed E-state index contributed by atoms with van der Waals surface area (Å²) in [6.07, 6.45) is 0.770. The summed E-state index contributed by atoms with van der Waals surface area (Å²) >= 11 is 0. The highest BCUT2D eigenvalue weighted by Gasteiger charge is 2.21. The molecule has 114 valence electrons. The number of rotatable bonds is 5. The largest absolute Gasteiger partial charge is 0.506 e. The van der Waals surface area contributed by atoms with Crippen molar-refractivity contribution in [2.45, 2.75) is 6.42 Å². The summed E-state index contributed by atoms with van der Waals surface area (Å²) in [7, 11) is 0. The molecule has 0 radical (unpaired) electrons. The van der Waals surface area contributed by atoms with Crippen molar-refractivity contribution < 1.29 is 19.9 Å². The fraction of sp³-hybridized carbons (Fsp3) is 0.0833. The zero-order chi connectivity index (χ0) is 16.3. The number of hydrogen-bond donors (Lipinski definition) is 4. The molecular formula is C12H11N5O5. The normalized spacial score (nSPS) is 10.2. The van der Waals surface area contributed by atoms with Gasteiger partial charge in [-0.25, -0.2) is 9.97 Å². The zero-order valence-electron chi connectivity index (χ0n) is 11.1. The molecule has 0 spiro atoms. The second kappa shape index (κ2) is 5.91. The second-order valence-electron chi connectivity index (χ2n) is 4.26. The molecule has 0 aliphatic rings. The SMILES string of the molecule is Nc1ncnc(Nc2cc(CC(=O)O)ccc2O)c1[N+](=O)[O-]. The Morgan fingerprint density at radius 2 is 2.14 bits per heavy atom. The molecule has 1 heterocycles. The van der Waals surface area contributed by atoms with Crippen LogP contribution >= 0.6 is 0 Å². The first-order chi connectivity index (χ1) is 10.4. The van der Waals surface area contributed by atoms with E-state index >= 15 is 0 Å².